The van der Waals surface area contributed by atoms with Crippen molar-refractivity contribution < 1.29 is 30.0 Å². The number of rotatable bonds is 8. The van der Waals surface area contributed by atoms with Gasteiger partial charge in [0, 0.05) is 11.0 Å². The summed E-state index contributed by atoms with van der Waals surface area (Å²) in [7, 11) is 0. The van der Waals surface area contributed by atoms with Gasteiger partial charge in [0.2, 0.25) is 0 Å². The lowest BCUT2D eigenvalue weighted by atomic mass is 10.2. The first-order valence-corrected chi connectivity index (χ1v) is 5.79. The molecule has 0 aromatic heterocycles. The third kappa shape index (κ3) is 7.49. The molecule has 0 amide bonds. The maximum absolute atomic E-state index is 10.5. The maximum atomic E-state index is 10.5. The molecule has 2 unspecified atom stereocenters. The smallest absolute Gasteiger partial charge is 0.304 e. The van der Waals surface area contributed by atoms with E-state index in [0.717, 1.165) is 11.8 Å². The highest BCUT2D eigenvalue weighted by Crippen LogP contribution is 2.20. The molecular formula is C9H16O6S. The van der Waals surface area contributed by atoms with Crippen LogP contribution in [0.25, 0.3) is 0 Å². The Balaban J connectivity index is 4.10. The summed E-state index contributed by atoms with van der Waals surface area (Å²) in [6, 6.07) is 0. The van der Waals surface area contributed by atoms with Crippen molar-refractivity contribution in [1.29, 1.82) is 0 Å². The zero-order chi connectivity index (χ0) is 12.7. The highest BCUT2D eigenvalue weighted by Gasteiger charge is 2.20. The summed E-state index contributed by atoms with van der Waals surface area (Å²) in [6.45, 7) is 1.41. The van der Waals surface area contributed by atoms with E-state index >= 15 is 0 Å². The highest BCUT2D eigenvalue weighted by atomic mass is 32.2. The molecule has 0 heterocycles. The van der Waals surface area contributed by atoms with E-state index in [-0.39, 0.29) is 18.6 Å². The fraction of sp³-hybridized carbons (Fsp3) is 0.778. The lowest BCUT2D eigenvalue weighted by molar-refractivity contribution is -0.138. The first-order chi connectivity index (χ1) is 7.32. The minimum Gasteiger partial charge on any atom is -0.481 e. The van der Waals surface area contributed by atoms with Gasteiger partial charge in [0.1, 0.15) is 0 Å². The summed E-state index contributed by atoms with van der Waals surface area (Å²) in [5.41, 5.74) is 0. The quantitative estimate of drug-likeness (QED) is 0.472. The van der Waals surface area contributed by atoms with Crippen molar-refractivity contribution in [2.75, 3.05) is 5.75 Å². The Hall–Kier alpha value is -0.790. The molecule has 0 aromatic rings. The Morgan fingerprint density at radius 2 is 1.56 bits per heavy atom. The van der Waals surface area contributed by atoms with Crippen molar-refractivity contribution in [2.45, 2.75) is 37.2 Å². The van der Waals surface area contributed by atoms with Crippen LogP contribution in [0.2, 0.25) is 0 Å². The van der Waals surface area contributed by atoms with Gasteiger partial charge in [0.05, 0.1) is 25.0 Å². The molecule has 0 aromatic carbocycles. The van der Waals surface area contributed by atoms with E-state index in [4.69, 9.17) is 15.3 Å². The van der Waals surface area contributed by atoms with Crippen LogP contribution in [0.15, 0.2) is 0 Å². The molecule has 7 heteroatoms. The Morgan fingerprint density at radius 3 is 1.88 bits per heavy atom. The van der Waals surface area contributed by atoms with Crippen molar-refractivity contribution >= 4 is 23.7 Å². The maximum Gasteiger partial charge on any atom is 0.304 e. The van der Waals surface area contributed by atoms with Crippen molar-refractivity contribution in [1.82, 2.24) is 0 Å². The largest absolute Gasteiger partial charge is 0.481 e. The molecule has 0 saturated heterocycles. The van der Waals surface area contributed by atoms with E-state index in [1.165, 1.54) is 6.92 Å². The van der Waals surface area contributed by atoms with Gasteiger partial charge in [0.15, 0.2) is 0 Å². The van der Waals surface area contributed by atoms with E-state index in [9.17, 15) is 14.7 Å². The molecule has 0 aliphatic rings. The number of hydrogen-bond acceptors (Lipinski definition) is 5. The molecule has 2 atom stereocenters. The molecule has 0 fully saturated rings. The number of aliphatic hydroxyl groups is 2. The van der Waals surface area contributed by atoms with Gasteiger partial charge < -0.3 is 20.4 Å². The zero-order valence-electron chi connectivity index (χ0n) is 8.87. The second kappa shape index (κ2) is 7.48. The molecule has 94 valence electrons. The average Bonchev–Trinajstić information content (AvgIpc) is 2.11. The molecule has 0 bridgehead atoms. The van der Waals surface area contributed by atoms with Gasteiger partial charge in [-0.25, -0.2) is 0 Å². The fourth-order valence-corrected chi connectivity index (χ4v) is 2.22. The molecule has 0 spiro atoms. The van der Waals surface area contributed by atoms with Crippen molar-refractivity contribution in [3.63, 3.8) is 0 Å². The topological polar surface area (TPSA) is 115 Å². The predicted molar refractivity (Wildman–Crippen MR) is 58.4 cm³/mol. The van der Waals surface area contributed by atoms with Crippen LogP contribution in [0.5, 0.6) is 0 Å². The Bertz CT molecular complexity index is 226. The van der Waals surface area contributed by atoms with Gasteiger partial charge in [-0.3, -0.25) is 9.59 Å². The van der Waals surface area contributed by atoms with Gasteiger partial charge in [-0.15, -0.1) is 0 Å². The van der Waals surface area contributed by atoms with Crippen molar-refractivity contribution in [2.24, 2.45) is 0 Å². The standard InChI is InChI=1S/C9H16O6S/c1-5(10)7(11)4-16-6(2-8(12)13)3-9(14)15/h5-7,10-11H,2-4H2,1H3,(H,12,13)(H,14,15). The number of carbonyl (C=O) groups is 2. The van der Waals surface area contributed by atoms with E-state index in [1.54, 1.807) is 0 Å². The van der Waals surface area contributed by atoms with Crippen LogP contribution >= 0.6 is 11.8 Å². The van der Waals surface area contributed by atoms with Crippen LogP contribution in [0.3, 0.4) is 0 Å². The molecule has 0 radical (unpaired) electrons. The second-order valence-electron chi connectivity index (χ2n) is 3.46. The monoisotopic (exact) mass is 252 g/mol. The average molecular weight is 252 g/mol. The van der Waals surface area contributed by atoms with Gasteiger partial charge in [-0.05, 0) is 6.92 Å². The highest BCUT2D eigenvalue weighted by molar-refractivity contribution is 8.00. The van der Waals surface area contributed by atoms with E-state index in [1.807, 2.05) is 0 Å². The summed E-state index contributed by atoms with van der Waals surface area (Å²) in [5.74, 6) is -2.04. The summed E-state index contributed by atoms with van der Waals surface area (Å²) >= 11 is 1.04. The van der Waals surface area contributed by atoms with Gasteiger partial charge in [-0.2, -0.15) is 11.8 Å². The number of carboxylic acids is 2. The third-order valence-corrected chi connectivity index (χ3v) is 3.20. The van der Waals surface area contributed by atoms with Gasteiger partial charge in [-0.1, -0.05) is 0 Å². The van der Waals surface area contributed by atoms with Crippen molar-refractivity contribution in [3.05, 3.63) is 0 Å². The molecule has 16 heavy (non-hydrogen) atoms. The zero-order valence-corrected chi connectivity index (χ0v) is 9.68. The molecule has 0 aliphatic carbocycles. The minimum absolute atomic E-state index is 0.114. The van der Waals surface area contributed by atoms with Crippen molar-refractivity contribution in [3.8, 4) is 0 Å². The number of thioether (sulfide) groups is 1. The van der Waals surface area contributed by atoms with Crippen LogP contribution in [-0.4, -0.2) is 55.6 Å². The van der Waals surface area contributed by atoms with Gasteiger partial charge in [0.25, 0.3) is 0 Å². The first-order valence-electron chi connectivity index (χ1n) is 4.74. The Kier molecular flexibility index (Phi) is 7.11. The predicted octanol–water partition coefficient (Wildman–Crippen LogP) is -0.221. The summed E-state index contributed by atoms with van der Waals surface area (Å²) in [5, 5.41) is 34.8. The van der Waals surface area contributed by atoms with Crippen LogP contribution in [0, 0.1) is 0 Å². The van der Waals surface area contributed by atoms with E-state index in [2.05, 4.69) is 0 Å². The molecule has 0 aliphatic heterocycles. The van der Waals surface area contributed by atoms with E-state index in [0.29, 0.717) is 0 Å². The van der Waals surface area contributed by atoms with E-state index < -0.39 is 29.4 Å². The number of hydrogen-bond donors (Lipinski definition) is 4. The first kappa shape index (κ1) is 15.2. The van der Waals surface area contributed by atoms with Crippen LogP contribution in [-0.2, 0) is 9.59 Å². The Morgan fingerprint density at radius 1 is 1.12 bits per heavy atom. The Labute approximate surface area is 97.3 Å². The third-order valence-electron chi connectivity index (χ3n) is 1.86. The lowest BCUT2D eigenvalue weighted by Gasteiger charge is -2.17. The second-order valence-corrected chi connectivity index (χ2v) is 4.79. The van der Waals surface area contributed by atoms with Gasteiger partial charge >= 0.3 is 11.9 Å². The molecule has 0 rings (SSSR count). The molecule has 6 nitrogen and oxygen atoms in total. The summed E-state index contributed by atoms with van der Waals surface area (Å²) in [6.07, 6.45) is -2.44. The molecule has 0 saturated carbocycles. The molecular weight excluding hydrogens is 236 g/mol. The number of aliphatic hydroxyl groups excluding tert-OH is 2. The fourth-order valence-electron chi connectivity index (χ4n) is 0.953. The van der Waals surface area contributed by atoms with Crippen LogP contribution < -0.4 is 0 Å². The SMILES string of the molecule is CC(O)C(O)CSC(CC(=O)O)CC(=O)O. The molecule has 4 N–H and O–H groups in total. The summed E-state index contributed by atoms with van der Waals surface area (Å²) < 4.78 is 0. The number of aliphatic carboxylic acids is 2. The number of carboxylic acid groups (broad SMARTS) is 2. The van der Waals surface area contributed by atoms with Crippen LogP contribution in [0.1, 0.15) is 19.8 Å². The lowest BCUT2D eigenvalue weighted by Crippen LogP contribution is -2.27. The van der Waals surface area contributed by atoms with Crippen LogP contribution in [0.4, 0.5) is 0 Å². The minimum atomic E-state index is -1.08. The summed E-state index contributed by atoms with van der Waals surface area (Å²) in [4.78, 5) is 20.9. The normalized spacial score (nSPS) is 14.8.